The van der Waals surface area contributed by atoms with Gasteiger partial charge in [0.1, 0.15) is 0 Å². The highest BCUT2D eigenvalue weighted by atomic mass is 32.2. The fourth-order valence-corrected chi connectivity index (χ4v) is 4.31. The highest BCUT2D eigenvalue weighted by Gasteiger charge is 2.23. The summed E-state index contributed by atoms with van der Waals surface area (Å²) in [5.41, 5.74) is -0.229. The maximum absolute atomic E-state index is 12.7. The minimum atomic E-state index is -3.64. The van der Waals surface area contributed by atoms with Crippen molar-refractivity contribution >= 4 is 20.8 Å². The number of pyridine rings is 1. The smallest absolute Gasteiger partial charge is 0.240 e. The van der Waals surface area contributed by atoms with Gasteiger partial charge in [-0.2, -0.15) is 0 Å². The average molecular weight is 400 g/mol. The third-order valence-electron chi connectivity index (χ3n) is 4.59. The third-order valence-corrected chi connectivity index (χ3v) is 6.18. The second kappa shape index (κ2) is 8.36. The van der Waals surface area contributed by atoms with Gasteiger partial charge in [-0.05, 0) is 43.0 Å². The van der Waals surface area contributed by atoms with Gasteiger partial charge in [0.15, 0.2) is 0 Å². The molecule has 1 unspecified atom stereocenters. The van der Waals surface area contributed by atoms with E-state index in [0.717, 1.165) is 16.3 Å². The monoisotopic (exact) mass is 399 g/mol. The molecular weight excluding hydrogens is 374 g/mol. The normalized spacial score (nSPS) is 15.2. The Morgan fingerprint density at radius 2 is 1.86 bits per heavy atom. The lowest BCUT2D eigenvalue weighted by molar-refractivity contribution is 0.0568. The molecule has 6 nitrogen and oxygen atoms in total. The Morgan fingerprint density at radius 3 is 2.61 bits per heavy atom. The van der Waals surface area contributed by atoms with Crippen molar-refractivity contribution < 1.29 is 13.5 Å². The number of benzene rings is 2. The van der Waals surface area contributed by atoms with Gasteiger partial charge >= 0.3 is 0 Å². The van der Waals surface area contributed by atoms with Crippen LogP contribution in [0.3, 0.4) is 0 Å². The van der Waals surface area contributed by atoms with E-state index in [1.54, 1.807) is 50.5 Å². The van der Waals surface area contributed by atoms with E-state index in [0.29, 0.717) is 13.1 Å². The third kappa shape index (κ3) is 4.94. The molecule has 1 heterocycles. The van der Waals surface area contributed by atoms with Crippen molar-refractivity contribution in [3.63, 3.8) is 0 Å². The number of nitrogens with one attached hydrogen (secondary N) is 2. The van der Waals surface area contributed by atoms with E-state index in [2.05, 4.69) is 15.0 Å². The number of hydrogen-bond donors (Lipinski definition) is 3. The molecule has 7 heteroatoms. The number of sulfonamides is 1. The highest BCUT2D eigenvalue weighted by molar-refractivity contribution is 7.89. The zero-order valence-electron chi connectivity index (χ0n) is 16.0. The summed E-state index contributed by atoms with van der Waals surface area (Å²) in [7, 11) is -3.64. The van der Waals surface area contributed by atoms with Gasteiger partial charge in [-0.3, -0.25) is 4.98 Å². The van der Waals surface area contributed by atoms with Crippen molar-refractivity contribution in [3.05, 3.63) is 72.6 Å². The maximum Gasteiger partial charge on any atom is 0.240 e. The van der Waals surface area contributed by atoms with E-state index >= 15 is 0 Å². The summed E-state index contributed by atoms with van der Waals surface area (Å²) in [4.78, 5) is 4.25. The summed E-state index contributed by atoms with van der Waals surface area (Å²) in [6.45, 7) is 4.21. The van der Waals surface area contributed by atoms with E-state index in [4.69, 9.17) is 0 Å². The molecule has 0 aliphatic rings. The molecule has 0 fully saturated rings. The number of nitrogens with zero attached hydrogens (tertiary/aromatic N) is 1. The van der Waals surface area contributed by atoms with Crippen LogP contribution in [-0.4, -0.2) is 37.6 Å². The minimum Gasteiger partial charge on any atom is -0.384 e. The first-order chi connectivity index (χ1) is 13.3. The summed E-state index contributed by atoms with van der Waals surface area (Å²) in [5, 5.41) is 15.5. The first-order valence-electron chi connectivity index (χ1n) is 9.13. The van der Waals surface area contributed by atoms with Crippen LogP contribution in [0.5, 0.6) is 0 Å². The SMILES string of the molecule is C[C@H](CNCC(C)(O)c1ccccc1)NS(=O)(=O)c1ccc2cnccc2c1. The molecule has 0 saturated heterocycles. The summed E-state index contributed by atoms with van der Waals surface area (Å²) in [5.74, 6) is 0. The summed E-state index contributed by atoms with van der Waals surface area (Å²) < 4.78 is 28.0. The predicted octanol–water partition coefficient (Wildman–Crippen LogP) is 2.40. The summed E-state index contributed by atoms with van der Waals surface area (Å²) >= 11 is 0. The van der Waals surface area contributed by atoms with Crippen LogP contribution in [0.15, 0.2) is 71.9 Å². The molecule has 148 valence electrons. The van der Waals surface area contributed by atoms with Crippen LogP contribution in [0, 0.1) is 0 Å². The van der Waals surface area contributed by atoms with Gasteiger partial charge in [-0.15, -0.1) is 0 Å². The van der Waals surface area contributed by atoms with E-state index in [9.17, 15) is 13.5 Å². The molecule has 0 amide bonds. The van der Waals surface area contributed by atoms with Crippen LogP contribution < -0.4 is 10.0 Å². The largest absolute Gasteiger partial charge is 0.384 e. The van der Waals surface area contributed by atoms with Crippen molar-refractivity contribution in [3.8, 4) is 0 Å². The van der Waals surface area contributed by atoms with E-state index in [1.807, 2.05) is 30.3 Å². The molecule has 0 bridgehead atoms. The standard InChI is InChI=1S/C21H25N3O3S/c1-16(13-23-15-21(2,25)19-6-4-3-5-7-19)24-28(26,27)20-9-8-18-14-22-11-10-17(18)12-20/h3-12,14,16,23-25H,13,15H2,1-2H3/t16-,21?/m1/s1. The number of aromatic nitrogens is 1. The molecular formula is C21H25N3O3S. The zero-order valence-corrected chi connectivity index (χ0v) is 16.8. The molecule has 1 aromatic heterocycles. The van der Waals surface area contributed by atoms with Gasteiger partial charge in [0.05, 0.1) is 10.5 Å². The lowest BCUT2D eigenvalue weighted by Gasteiger charge is -2.25. The molecule has 0 saturated carbocycles. The minimum absolute atomic E-state index is 0.217. The zero-order chi connectivity index (χ0) is 20.2. The first kappa shape index (κ1) is 20.4. The summed E-state index contributed by atoms with van der Waals surface area (Å²) in [6.07, 6.45) is 3.33. The Morgan fingerprint density at radius 1 is 1.11 bits per heavy atom. The quantitative estimate of drug-likeness (QED) is 0.541. The van der Waals surface area contributed by atoms with Crippen LogP contribution in [-0.2, 0) is 15.6 Å². The Bertz CT molecular complexity index is 1040. The van der Waals surface area contributed by atoms with Crippen molar-refractivity contribution in [1.82, 2.24) is 15.0 Å². The van der Waals surface area contributed by atoms with Crippen LogP contribution in [0.25, 0.3) is 10.8 Å². The molecule has 3 N–H and O–H groups in total. The Labute approximate surface area is 165 Å². The van der Waals surface area contributed by atoms with E-state index in [1.165, 1.54) is 0 Å². The number of fused-ring (bicyclic) bond motifs is 1. The lowest BCUT2D eigenvalue weighted by Crippen LogP contribution is -2.44. The molecule has 3 aromatic rings. The van der Waals surface area contributed by atoms with Gasteiger partial charge in [-0.25, -0.2) is 13.1 Å². The van der Waals surface area contributed by atoms with Crippen molar-refractivity contribution in [1.29, 1.82) is 0 Å². The summed E-state index contributed by atoms with van der Waals surface area (Å²) in [6, 6.07) is 15.8. The first-order valence-corrected chi connectivity index (χ1v) is 10.6. The molecule has 0 aliphatic heterocycles. The van der Waals surface area contributed by atoms with E-state index in [-0.39, 0.29) is 10.9 Å². The molecule has 2 aromatic carbocycles. The lowest BCUT2D eigenvalue weighted by atomic mass is 9.96. The van der Waals surface area contributed by atoms with Crippen LogP contribution in [0.2, 0.25) is 0 Å². The van der Waals surface area contributed by atoms with Crippen molar-refractivity contribution in [2.75, 3.05) is 13.1 Å². The van der Waals surface area contributed by atoms with Crippen LogP contribution in [0.4, 0.5) is 0 Å². The molecule has 2 atom stereocenters. The van der Waals surface area contributed by atoms with Crippen LogP contribution in [0.1, 0.15) is 19.4 Å². The van der Waals surface area contributed by atoms with Crippen molar-refractivity contribution in [2.45, 2.75) is 30.4 Å². The number of rotatable bonds is 8. The fraction of sp³-hybridized carbons (Fsp3) is 0.286. The maximum atomic E-state index is 12.7. The fourth-order valence-electron chi connectivity index (χ4n) is 3.03. The molecule has 28 heavy (non-hydrogen) atoms. The van der Waals surface area contributed by atoms with Gasteiger partial charge in [0, 0.05) is 36.9 Å². The molecule has 0 spiro atoms. The van der Waals surface area contributed by atoms with Gasteiger partial charge in [-0.1, -0.05) is 36.4 Å². The van der Waals surface area contributed by atoms with Gasteiger partial charge in [0.2, 0.25) is 10.0 Å². The Hall–Kier alpha value is -2.32. The van der Waals surface area contributed by atoms with Gasteiger partial charge in [0.25, 0.3) is 0 Å². The van der Waals surface area contributed by atoms with Gasteiger partial charge < -0.3 is 10.4 Å². The molecule has 3 rings (SSSR count). The number of hydrogen-bond acceptors (Lipinski definition) is 5. The molecule has 0 aliphatic carbocycles. The highest BCUT2D eigenvalue weighted by Crippen LogP contribution is 2.20. The second-order valence-corrected chi connectivity index (χ2v) is 8.89. The van der Waals surface area contributed by atoms with E-state index < -0.39 is 15.6 Å². The predicted molar refractivity (Wildman–Crippen MR) is 110 cm³/mol. The van der Waals surface area contributed by atoms with Crippen LogP contribution >= 0.6 is 0 Å². The second-order valence-electron chi connectivity index (χ2n) is 7.18. The Kier molecular flexibility index (Phi) is 6.10. The topological polar surface area (TPSA) is 91.3 Å². The number of aliphatic hydroxyl groups is 1. The molecule has 0 radical (unpaired) electrons. The Balaban J connectivity index is 1.59. The van der Waals surface area contributed by atoms with Crippen molar-refractivity contribution in [2.24, 2.45) is 0 Å². The average Bonchev–Trinajstić information content (AvgIpc) is 2.67.